The Kier molecular flexibility index (Phi) is 5.93. The van der Waals surface area contributed by atoms with E-state index in [2.05, 4.69) is 34.0 Å². The van der Waals surface area contributed by atoms with Crippen LogP contribution in [0.1, 0.15) is 65.5 Å². The quantitative estimate of drug-likeness (QED) is 0.433. The highest BCUT2D eigenvalue weighted by Crippen LogP contribution is 2.33. The first-order chi connectivity index (χ1) is 18.3. The van der Waals surface area contributed by atoms with E-state index in [1.54, 1.807) is 4.68 Å². The number of nitrogens with zero attached hydrogens (tertiary/aromatic N) is 5. The second kappa shape index (κ2) is 9.31. The molecule has 1 aromatic carbocycles. The monoisotopic (exact) mass is 511 g/mol. The first kappa shape index (κ1) is 24.2. The fourth-order valence-corrected chi connectivity index (χ4v) is 5.94. The number of rotatable bonds is 4. The molecule has 1 fully saturated rings. The third kappa shape index (κ3) is 4.42. The fraction of sp³-hybridized carbons (Fsp3) is 0.379. The van der Waals surface area contributed by atoms with Crippen molar-refractivity contribution >= 4 is 11.7 Å². The lowest BCUT2D eigenvalue weighted by molar-refractivity contribution is 0.0684. The van der Waals surface area contributed by atoms with Gasteiger partial charge in [0.25, 0.3) is 11.5 Å². The lowest BCUT2D eigenvalue weighted by Gasteiger charge is -2.37. The number of aryl methyl sites for hydroxylation is 1. The SMILES string of the molecule is Cc1cc(C(=O)N2Cc3cn[nH]c3C(C)(C)C2)cc(N2CCC(c3cn(-c4ccccc4)[nH]c3=O)CC2)n1. The zero-order chi connectivity index (χ0) is 26.4. The van der Waals surface area contributed by atoms with Crippen LogP contribution in [0.2, 0.25) is 0 Å². The van der Waals surface area contributed by atoms with Crippen molar-refractivity contribution in [2.24, 2.45) is 0 Å². The highest BCUT2D eigenvalue weighted by Gasteiger charge is 2.36. The van der Waals surface area contributed by atoms with Gasteiger partial charge in [-0.25, -0.2) is 4.98 Å². The summed E-state index contributed by atoms with van der Waals surface area (Å²) in [5.41, 5.74) is 5.21. The van der Waals surface area contributed by atoms with E-state index >= 15 is 0 Å². The molecule has 9 nitrogen and oxygen atoms in total. The second-order valence-electron chi connectivity index (χ2n) is 11.2. The van der Waals surface area contributed by atoms with Crippen molar-refractivity contribution in [1.29, 1.82) is 0 Å². The van der Waals surface area contributed by atoms with E-state index in [-0.39, 0.29) is 22.8 Å². The van der Waals surface area contributed by atoms with Crippen molar-refractivity contribution in [3.63, 3.8) is 0 Å². The first-order valence-electron chi connectivity index (χ1n) is 13.2. The van der Waals surface area contributed by atoms with Gasteiger partial charge in [0.15, 0.2) is 0 Å². The Balaban J connectivity index is 1.17. The van der Waals surface area contributed by atoms with Gasteiger partial charge in [0.1, 0.15) is 5.82 Å². The summed E-state index contributed by atoms with van der Waals surface area (Å²) in [5, 5.41) is 10.3. The van der Waals surface area contributed by atoms with Crippen molar-refractivity contribution in [2.45, 2.75) is 51.5 Å². The number of carbonyl (C=O) groups excluding carboxylic acids is 1. The number of H-pyrrole nitrogens is 2. The Morgan fingerprint density at radius 1 is 1.11 bits per heavy atom. The van der Waals surface area contributed by atoms with Crippen LogP contribution in [0.15, 0.2) is 59.7 Å². The molecular formula is C29H33N7O2. The highest BCUT2D eigenvalue weighted by atomic mass is 16.2. The maximum absolute atomic E-state index is 13.6. The van der Waals surface area contributed by atoms with E-state index in [1.807, 2.05) is 66.7 Å². The molecule has 5 heterocycles. The van der Waals surface area contributed by atoms with E-state index in [0.29, 0.717) is 18.7 Å². The number of aromatic amines is 2. The molecule has 2 aliphatic rings. The number of piperidine rings is 1. The lowest BCUT2D eigenvalue weighted by Crippen LogP contribution is -2.45. The molecule has 3 aromatic heterocycles. The van der Waals surface area contributed by atoms with E-state index in [4.69, 9.17) is 4.98 Å². The predicted molar refractivity (Wildman–Crippen MR) is 146 cm³/mol. The average Bonchev–Trinajstić information content (AvgIpc) is 3.55. The molecule has 38 heavy (non-hydrogen) atoms. The van der Waals surface area contributed by atoms with Crippen LogP contribution in [0.25, 0.3) is 5.69 Å². The van der Waals surface area contributed by atoms with Crippen molar-refractivity contribution < 1.29 is 4.79 Å². The number of para-hydroxylation sites is 1. The summed E-state index contributed by atoms with van der Waals surface area (Å²) in [6.07, 6.45) is 5.46. The van der Waals surface area contributed by atoms with Crippen LogP contribution in [-0.4, -0.2) is 55.4 Å². The maximum Gasteiger partial charge on any atom is 0.267 e. The molecule has 1 saturated heterocycles. The summed E-state index contributed by atoms with van der Waals surface area (Å²) in [7, 11) is 0. The van der Waals surface area contributed by atoms with Gasteiger partial charge in [0, 0.05) is 65.9 Å². The number of anilines is 1. The van der Waals surface area contributed by atoms with Gasteiger partial charge in [-0.15, -0.1) is 0 Å². The average molecular weight is 512 g/mol. The molecule has 0 saturated carbocycles. The van der Waals surface area contributed by atoms with Gasteiger partial charge in [-0.05, 0) is 49.9 Å². The molecule has 4 aromatic rings. The minimum absolute atomic E-state index is 0.0142. The summed E-state index contributed by atoms with van der Waals surface area (Å²) in [5.74, 6) is 1.02. The smallest absolute Gasteiger partial charge is 0.267 e. The molecule has 0 aliphatic carbocycles. The molecule has 6 rings (SSSR count). The number of aromatic nitrogens is 5. The third-order valence-corrected chi connectivity index (χ3v) is 7.86. The molecule has 0 atom stereocenters. The Morgan fingerprint density at radius 2 is 1.87 bits per heavy atom. The van der Waals surface area contributed by atoms with Gasteiger partial charge in [0.05, 0.1) is 11.9 Å². The fourth-order valence-electron chi connectivity index (χ4n) is 5.94. The number of pyridine rings is 1. The van der Waals surface area contributed by atoms with Gasteiger partial charge in [0.2, 0.25) is 0 Å². The lowest BCUT2D eigenvalue weighted by atomic mass is 9.83. The topological polar surface area (TPSA) is 103 Å². The van der Waals surface area contributed by atoms with Gasteiger partial charge in [-0.1, -0.05) is 32.0 Å². The summed E-state index contributed by atoms with van der Waals surface area (Å²) in [6, 6.07) is 13.6. The Bertz CT molecular complexity index is 1520. The molecule has 1 amide bonds. The molecular weight excluding hydrogens is 478 g/mol. The van der Waals surface area contributed by atoms with E-state index in [1.165, 1.54) is 0 Å². The summed E-state index contributed by atoms with van der Waals surface area (Å²) in [4.78, 5) is 35.3. The summed E-state index contributed by atoms with van der Waals surface area (Å²) in [6.45, 7) is 8.94. The molecule has 0 bridgehead atoms. The van der Waals surface area contributed by atoms with Gasteiger partial charge in [-0.3, -0.25) is 24.5 Å². The normalized spacial score (nSPS) is 17.4. The number of hydrogen-bond acceptors (Lipinski definition) is 5. The molecule has 9 heteroatoms. The number of benzene rings is 1. The minimum Gasteiger partial charge on any atom is -0.357 e. The highest BCUT2D eigenvalue weighted by molar-refractivity contribution is 5.95. The van der Waals surface area contributed by atoms with Crippen LogP contribution in [0, 0.1) is 6.92 Å². The molecule has 0 spiro atoms. The second-order valence-corrected chi connectivity index (χ2v) is 11.2. The standard InChI is InChI=1S/C29H33N7O2/c1-19-13-21(28(38)35-16-22-15-30-32-26(22)29(2,3)18-35)14-25(31-19)34-11-9-20(10-12-34)24-17-36(33-27(24)37)23-7-5-4-6-8-23/h4-8,13-15,17,20H,9-12,16,18H2,1-3H3,(H,30,32)(H,33,37). The van der Waals surface area contributed by atoms with E-state index in [9.17, 15) is 9.59 Å². The number of carbonyl (C=O) groups is 1. The largest absolute Gasteiger partial charge is 0.357 e. The Hall–Kier alpha value is -4.14. The zero-order valence-corrected chi connectivity index (χ0v) is 22.1. The summed E-state index contributed by atoms with van der Waals surface area (Å²) >= 11 is 0. The molecule has 2 N–H and O–H groups in total. The van der Waals surface area contributed by atoms with E-state index < -0.39 is 0 Å². The zero-order valence-electron chi connectivity index (χ0n) is 22.1. The van der Waals surface area contributed by atoms with Crippen LogP contribution in [0.3, 0.4) is 0 Å². The van der Waals surface area contributed by atoms with Crippen molar-refractivity contribution in [3.8, 4) is 5.69 Å². The first-order valence-corrected chi connectivity index (χ1v) is 13.2. The van der Waals surface area contributed by atoms with Gasteiger partial charge in [-0.2, -0.15) is 5.10 Å². The summed E-state index contributed by atoms with van der Waals surface area (Å²) < 4.78 is 1.80. The third-order valence-electron chi connectivity index (χ3n) is 7.86. The van der Waals surface area contributed by atoms with Crippen molar-refractivity contribution in [1.82, 2.24) is 29.9 Å². The predicted octanol–water partition coefficient (Wildman–Crippen LogP) is 3.91. The molecule has 196 valence electrons. The number of hydrogen-bond donors (Lipinski definition) is 2. The van der Waals surface area contributed by atoms with Crippen LogP contribution in [0.5, 0.6) is 0 Å². The Labute approximate surface area is 221 Å². The molecule has 0 unspecified atom stereocenters. The van der Waals surface area contributed by atoms with Gasteiger partial charge < -0.3 is 9.80 Å². The molecule has 0 radical (unpaired) electrons. The number of nitrogens with one attached hydrogen (secondary N) is 2. The van der Waals surface area contributed by atoms with Crippen molar-refractivity contribution in [3.05, 3.63) is 93.3 Å². The van der Waals surface area contributed by atoms with Crippen LogP contribution >= 0.6 is 0 Å². The van der Waals surface area contributed by atoms with Crippen LogP contribution < -0.4 is 10.5 Å². The van der Waals surface area contributed by atoms with Crippen LogP contribution in [0.4, 0.5) is 5.82 Å². The van der Waals surface area contributed by atoms with Crippen LogP contribution in [-0.2, 0) is 12.0 Å². The minimum atomic E-state index is -0.191. The van der Waals surface area contributed by atoms with E-state index in [0.717, 1.165) is 60.0 Å². The number of amides is 1. The maximum atomic E-state index is 13.6. The Morgan fingerprint density at radius 3 is 2.63 bits per heavy atom. The van der Waals surface area contributed by atoms with Crippen molar-refractivity contribution in [2.75, 3.05) is 24.5 Å². The molecule has 2 aliphatic heterocycles. The van der Waals surface area contributed by atoms with Gasteiger partial charge >= 0.3 is 0 Å². The number of fused-ring (bicyclic) bond motifs is 1.